The van der Waals surface area contributed by atoms with Crippen LogP contribution in [0.5, 0.6) is 5.75 Å². The molecule has 17 heavy (non-hydrogen) atoms. The van der Waals surface area contributed by atoms with Crippen LogP contribution in [0.15, 0.2) is 36.5 Å². The Hall–Kier alpha value is -2.23. The highest BCUT2D eigenvalue weighted by molar-refractivity contribution is 6.10. The highest BCUT2D eigenvalue weighted by Gasteiger charge is 2.16. The summed E-state index contributed by atoms with van der Waals surface area (Å²) in [5.41, 5.74) is 7.29. The van der Waals surface area contributed by atoms with Crippen LogP contribution in [-0.4, -0.2) is 17.4 Å². The van der Waals surface area contributed by atoms with Gasteiger partial charge in [-0.25, -0.2) is 0 Å². The van der Waals surface area contributed by atoms with E-state index in [-0.39, 0.29) is 5.78 Å². The average molecular weight is 230 g/mol. The minimum atomic E-state index is -0.120. The van der Waals surface area contributed by atoms with Crippen molar-refractivity contribution in [1.29, 1.82) is 0 Å². The lowest BCUT2D eigenvalue weighted by molar-refractivity contribution is 0.103. The zero-order valence-corrected chi connectivity index (χ0v) is 9.57. The number of hydrogen-bond acceptors (Lipinski definition) is 3. The molecule has 0 unspecified atom stereocenters. The van der Waals surface area contributed by atoms with Crippen molar-refractivity contribution in [2.45, 2.75) is 6.92 Å². The van der Waals surface area contributed by atoms with Crippen molar-refractivity contribution in [3.8, 4) is 5.75 Å². The van der Waals surface area contributed by atoms with Crippen LogP contribution in [0.4, 0.5) is 5.69 Å². The predicted octanol–water partition coefficient (Wildman–Crippen LogP) is 2.23. The van der Waals surface area contributed by atoms with Crippen molar-refractivity contribution in [1.82, 2.24) is 4.98 Å². The lowest BCUT2D eigenvalue weighted by Crippen LogP contribution is -2.07. The SMILES string of the molecule is CCOc1c(N)cccc1C(=O)c1ccc[nH]1. The number of nitrogen functional groups attached to an aromatic ring is 1. The molecular formula is C13H14N2O2. The molecule has 1 aromatic heterocycles. The van der Waals surface area contributed by atoms with Gasteiger partial charge in [-0.1, -0.05) is 6.07 Å². The maximum absolute atomic E-state index is 12.2. The van der Waals surface area contributed by atoms with Crippen LogP contribution in [0.1, 0.15) is 23.0 Å². The first-order valence-corrected chi connectivity index (χ1v) is 5.43. The molecule has 4 heteroatoms. The molecule has 4 nitrogen and oxygen atoms in total. The van der Waals surface area contributed by atoms with Crippen LogP contribution in [0.2, 0.25) is 0 Å². The van der Waals surface area contributed by atoms with Crippen LogP contribution >= 0.6 is 0 Å². The monoisotopic (exact) mass is 230 g/mol. The van der Waals surface area contributed by atoms with Gasteiger partial charge in [-0.15, -0.1) is 0 Å². The fraction of sp³-hybridized carbons (Fsp3) is 0.154. The lowest BCUT2D eigenvalue weighted by Gasteiger charge is -2.11. The molecule has 3 N–H and O–H groups in total. The van der Waals surface area contributed by atoms with Gasteiger partial charge in [0.1, 0.15) is 0 Å². The van der Waals surface area contributed by atoms with E-state index in [9.17, 15) is 4.79 Å². The van der Waals surface area contributed by atoms with Gasteiger partial charge in [-0.2, -0.15) is 0 Å². The molecule has 1 aromatic carbocycles. The summed E-state index contributed by atoms with van der Waals surface area (Å²) in [5.74, 6) is 0.334. The van der Waals surface area contributed by atoms with E-state index in [2.05, 4.69) is 4.98 Å². The molecule has 0 saturated heterocycles. The van der Waals surface area contributed by atoms with Crippen molar-refractivity contribution < 1.29 is 9.53 Å². The number of benzene rings is 1. The normalized spacial score (nSPS) is 10.2. The quantitative estimate of drug-likeness (QED) is 0.625. The molecule has 0 aliphatic heterocycles. The summed E-state index contributed by atoms with van der Waals surface area (Å²) < 4.78 is 5.43. The predicted molar refractivity (Wildman–Crippen MR) is 66.2 cm³/mol. The van der Waals surface area contributed by atoms with Gasteiger partial charge in [0.25, 0.3) is 0 Å². The number of nitrogens with one attached hydrogen (secondary N) is 1. The zero-order valence-electron chi connectivity index (χ0n) is 9.57. The van der Waals surface area contributed by atoms with Crippen LogP contribution < -0.4 is 10.5 Å². The van der Waals surface area contributed by atoms with Crippen molar-refractivity contribution in [2.75, 3.05) is 12.3 Å². The fourth-order valence-corrected chi connectivity index (χ4v) is 1.66. The van der Waals surface area contributed by atoms with Gasteiger partial charge in [-0.05, 0) is 31.2 Å². The van der Waals surface area contributed by atoms with Crippen LogP contribution in [0, 0.1) is 0 Å². The largest absolute Gasteiger partial charge is 0.491 e. The Bertz CT molecular complexity index is 518. The molecule has 0 saturated carbocycles. The van der Waals surface area contributed by atoms with E-state index in [4.69, 9.17) is 10.5 Å². The van der Waals surface area contributed by atoms with Gasteiger partial charge < -0.3 is 15.5 Å². The number of para-hydroxylation sites is 1. The van der Waals surface area contributed by atoms with Gasteiger partial charge in [0.05, 0.1) is 23.6 Å². The molecule has 0 atom stereocenters. The molecule has 0 aliphatic rings. The van der Waals surface area contributed by atoms with Gasteiger partial charge in [0.2, 0.25) is 5.78 Å². The minimum Gasteiger partial charge on any atom is -0.491 e. The summed E-state index contributed by atoms with van der Waals surface area (Å²) in [6, 6.07) is 8.68. The third-order valence-electron chi connectivity index (χ3n) is 2.42. The lowest BCUT2D eigenvalue weighted by atomic mass is 10.1. The summed E-state index contributed by atoms with van der Waals surface area (Å²) >= 11 is 0. The number of ether oxygens (including phenoxy) is 1. The number of carbonyl (C=O) groups is 1. The van der Waals surface area contributed by atoms with Gasteiger partial charge >= 0.3 is 0 Å². The Kier molecular flexibility index (Phi) is 3.14. The second-order valence-corrected chi connectivity index (χ2v) is 3.57. The molecular weight excluding hydrogens is 216 g/mol. The summed E-state index contributed by atoms with van der Waals surface area (Å²) in [6.45, 7) is 2.33. The van der Waals surface area contributed by atoms with E-state index in [1.807, 2.05) is 6.92 Å². The topological polar surface area (TPSA) is 68.1 Å². The first-order chi connectivity index (χ1) is 8.24. The van der Waals surface area contributed by atoms with Crippen molar-refractivity contribution in [3.05, 3.63) is 47.8 Å². The molecule has 0 bridgehead atoms. The molecule has 0 fully saturated rings. The third-order valence-corrected chi connectivity index (χ3v) is 2.42. The molecule has 0 radical (unpaired) electrons. The molecule has 0 amide bonds. The summed E-state index contributed by atoms with van der Waals surface area (Å²) in [7, 11) is 0. The van der Waals surface area contributed by atoms with E-state index < -0.39 is 0 Å². The standard InChI is InChI=1S/C13H14N2O2/c1-2-17-13-9(5-3-6-10(13)14)12(16)11-7-4-8-15-11/h3-8,15H,2,14H2,1H3. The van der Waals surface area contributed by atoms with E-state index in [1.54, 1.807) is 36.5 Å². The number of hydrogen-bond donors (Lipinski definition) is 2. The van der Waals surface area contributed by atoms with Crippen LogP contribution in [-0.2, 0) is 0 Å². The molecule has 88 valence electrons. The molecule has 0 aliphatic carbocycles. The first-order valence-electron chi connectivity index (χ1n) is 5.43. The average Bonchev–Trinajstić information content (AvgIpc) is 2.85. The van der Waals surface area contributed by atoms with E-state index in [1.165, 1.54) is 0 Å². The van der Waals surface area contributed by atoms with E-state index in [0.29, 0.717) is 29.3 Å². The maximum Gasteiger partial charge on any atom is 0.212 e. The first kappa shape index (κ1) is 11.3. The number of aromatic nitrogens is 1. The number of anilines is 1. The number of rotatable bonds is 4. The molecule has 0 spiro atoms. The van der Waals surface area contributed by atoms with Crippen LogP contribution in [0.25, 0.3) is 0 Å². The smallest absolute Gasteiger partial charge is 0.212 e. The van der Waals surface area contributed by atoms with Gasteiger partial charge in [0.15, 0.2) is 5.75 Å². The Morgan fingerprint density at radius 2 is 2.18 bits per heavy atom. The Balaban J connectivity index is 2.44. The van der Waals surface area contributed by atoms with Crippen LogP contribution in [0.3, 0.4) is 0 Å². The Labute approximate surface area is 99.4 Å². The fourth-order valence-electron chi connectivity index (χ4n) is 1.66. The Morgan fingerprint density at radius 1 is 1.35 bits per heavy atom. The minimum absolute atomic E-state index is 0.120. The zero-order chi connectivity index (χ0) is 12.3. The molecule has 2 rings (SSSR count). The van der Waals surface area contributed by atoms with E-state index in [0.717, 1.165) is 0 Å². The summed E-state index contributed by atoms with van der Waals surface area (Å²) in [6.07, 6.45) is 1.71. The number of ketones is 1. The van der Waals surface area contributed by atoms with Crippen molar-refractivity contribution >= 4 is 11.5 Å². The number of aromatic amines is 1. The molecule has 2 aromatic rings. The summed E-state index contributed by atoms with van der Waals surface area (Å²) in [4.78, 5) is 15.1. The summed E-state index contributed by atoms with van der Waals surface area (Å²) in [5, 5.41) is 0. The van der Waals surface area contributed by atoms with E-state index >= 15 is 0 Å². The Morgan fingerprint density at radius 3 is 2.82 bits per heavy atom. The third kappa shape index (κ3) is 2.15. The second kappa shape index (κ2) is 4.74. The second-order valence-electron chi connectivity index (χ2n) is 3.57. The maximum atomic E-state index is 12.2. The number of nitrogens with two attached hydrogens (primary N) is 1. The number of carbonyl (C=O) groups excluding carboxylic acids is 1. The van der Waals surface area contributed by atoms with Gasteiger partial charge in [-0.3, -0.25) is 4.79 Å². The molecule has 1 heterocycles. The highest BCUT2D eigenvalue weighted by atomic mass is 16.5. The number of H-pyrrole nitrogens is 1. The van der Waals surface area contributed by atoms with Crippen molar-refractivity contribution in [2.24, 2.45) is 0 Å². The van der Waals surface area contributed by atoms with Crippen molar-refractivity contribution in [3.63, 3.8) is 0 Å². The van der Waals surface area contributed by atoms with Gasteiger partial charge in [0, 0.05) is 6.20 Å². The highest BCUT2D eigenvalue weighted by Crippen LogP contribution is 2.28.